The molecule has 2 aromatic carbocycles. The Labute approximate surface area is 144 Å². The van der Waals surface area contributed by atoms with Crippen molar-refractivity contribution in [3.8, 4) is 0 Å². The molecule has 0 saturated heterocycles. The summed E-state index contributed by atoms with van der Waals surface area (Å²) in [5.74, 6) is -0.905. The molecule has 3 nitrogen and oxygen atoms in total. The van der Waals surface area contributed by atoms with Crippen molar-refractivity contribution in [1.82, 2.24) is 0 Å². The first-order valence-electron chi connectivity index (χ1n) is 5.33. The summed E-state index contributed by atoms with van der Waals surface area (Å²) in [6.45, 7) is 0. The van der Waals surface area contributed by atoms with Crippen molar-refractivity contribution in [3.05, 3.63) is 55.7 Å². The molecule has 9 heteroatoms. The number of hydrogen-bond donors (Lipinski definition) is 1. The molecule has 0 atom stereocenters. The van der Waals surface area contributed by atoms with Crippen molar-refractivity contribution in [1.29, 1.82) is 0 Å². The standard InChI is InChI=1S/C12H6BrCl3FNO2S/c13-6-1-2-11(10(17)3-6)21(19,20)18-12-8(15)4-7(14)5-9(12)16/h1-5,18H. The maximum Gasteiger partial charge on any atom is 0.264 e. The largest absolute Gasteiger partial charge is 0.277 e. The summed E-state index contributed by atoms with van der Waals surface area (Å²) < 4.78 is 40.8. The molecule has 0 aliphatic carbocycles. The monoisotopic (exact) mass is 431 g/mol. The zero-order valence-corrected chi connectivity index (χ0v) is 14.7. The number of halogens is 5. The summed E-state index contributed by atoms with van der Waals surface area (Å²) in [7, 11) is -4.18. The molecule has 0 spiro atoms. The van der Waals surface area contributed by atoms with Crippen molar-refractivity contribution in [2.45, 2.75) is 4.90 Å². The van der Waals surface area contributed by atoms with Crippen molar-refractivity contribution in [2.24, 2.45) is 0 Å². The molecule has 0 unspecified atom stereocenters. The highest BCUT2D eigenvalue weighted by Gasteiger charge is 2.22. The van der Waals surface area contributed by atoms with E-state index in [0.717, 1.165) is 12.1 Å². The summed E-state index contributed by atoms with van der Waals surface area (Å²) in [5, 5.41) is 0.268. The molecule has 0 fully saturated rings. The van der Waals surface area contributed by atoms with E-state index >= 15 is 0 Å². The van der Waals surface area contributed by atoms with E-state index in [2.05, 4.69) is 20.7 Å². The molecule has 0 amide bonds. The highest BCUT2D eigenvalue weighted by molar-refractivity contribution is 9.10. The van der Waals surface area contributed by atoms with E-state index in [-0.39, 0.29) is 20.8 Å². The number of hydrogen-bond acceptors (Lipinski definition) is 2. The maximum absolute atomic E-state index is 13.8. The molecule has 21 heavy (non-hydrogen) atoms. The zero-order chi connectivity index (χ0) is 15.8. The number of sulfonamides is 1. The molecule has 0 heterocycles. The molecule has 112 valence electrons. The molecule has 2 rings (SSSR count). The van der Waals surface area contributed by atoms with Crippen molar-refractivity contribution in [3.63, 3.8) is 0 Å². The first-order chi connectivity index (χ1) is 9.70. The lowest BCUT2D eigenvalue weighted by Crippen LogP contribution is -2.15. The number of benzene rings is 2. The van der Waals surface area contributed by atoms with Gasteiger partial charge in [0, 0.05) is 9.50 Å². The van der Waals surface area contributed by atoms with E-state index in [9.17, 15) is 12.8 Å². The van der Waals surface area contributed by atoms with E-state index in [1.54, 1.807) is 0 Å². The predicted molar refractivity (Wildman–Crippen MR) is 86.4 cm³/mol. The normalized spacial score (nSPS) is 11.5. The van der Waals surface area contributed by atoms with Gasteiger partial charge in [0.2, 0.25) is 0 Å². The van der Waals surface area contributed by atoms with Gasteiger partial charge in [-0.25, -0.2) is 12.8 Å². The number of rotatable bonds is 3. The average molecular weight is 434 g/mol. The highest BCUT2D eigenvalue weighted by Crippen LogP contribution is 2.35. The van der Waals surface area contributed by atoms with E-state index < -0.39 is 20.7 Å². The summed E-state index contributed by atoms with van der Waals surface area (Å²) in [5.41, 5.74) is -0.0648. The Morgan fingerprint density at radius 3 is 2.14 bits per heavy atom. The van der Waals surface area contributed by atoms with E-state index in [0.29, 0.717) is 4.47 Å². The van der Waals surface area contributed by atoms with Crippen molar-refractivity contribution >= 4 is 66.4 Å². The number of anilines is 1. The number of nitrogens with one attached hydrogen (secondary N) is 1. The van der Waals surface area contributed by atoms with Gasteiger partial charge >= 0.3 is 0 Å². The van der Waals surface area contributed by atoms with Gasteiger partial charge in [0.15, 0.2) is 0 Å². The van der Waals surface area contributed by atoms with Crippen LogP contribution in [0.5, 0.6) is 0 Å². The average Bonchev–Trinajstić information content (AvgIpc) is 2.33. The van der Waals surface area contributed by atoms with Gasteiger partial charge < -0.3 is 0 Å². The Morgan fingerprint density at radius 1 is 1.05 bits per heavy atom. The molecule has 0 aromatic heterocycles. The summed E-state index contributed by atoms with van der Waals surface area (Å²) >= 11 is 20.6. The van der Waals surface area contributed by atoms with Gasteiger partial charge in [-0.15, -0.1) is 0 Å². The van der Waals surface area contributed by atoms with E-state index in [4.69, 9.17) is 34.8 Å². The van der Waals surface area contributed by atoms with Crippen LogP contribution >= 0.6 is 50.7 Å². The van der Waals surface area contributed by atoms with Crippen molar-refractivity contribution < 1.29 is 12.8 Å². The minimum atomic E-state index is -4.18. The molecule has 0 bridgehead atoms. The molecule has 2 aromatic rings. The van der Waals surface area contributed by atoms with Gasteiger partial charge in [-0.05, 0) is 30.3 Å². The van der Waals surface area contributed by atoms with E-state index in [1.807, 2.05) is 0 Å². The van der Waals surface area contributed by atoms with Crippen LogP contribution in [0.1, 0.15) is 0 Å². The molecule has 0 aliphatic heterocycles. The molecular weight excluding hydrogens is 427 g/mol. The highest BCUT2D eigenvalue weighted by atomic mass is 79.9. The first-order valence-corrected chi connectivity index (χ1v) is 8.74. The maximum atomic E-state index is 13.8. The van der Waals surface area contributed by atoms with Crippen LogP contribution < -0.4 is 4.72 Å². The summed E-state index contributed by atoms with van der Waals surface area (Å²) in [6, 6.07) is 6.22. The first kappa shape index (κ1) is 16.8. The predicted octanol–water partition coefficient (Wildman–Crippen LogP) is 5.35. The van der Waals surface area contributed by atoms with Crippen LogP contribution in [0.3, 0.4) is 0 Å². The molecule has 1 N–H and O–H groups in total. The van der Waals surface area contributed by atoms with Gasteiger partial charge in [0.1, 0.15) is 10.7 Å². The van der Waals surface area contributed by atoms with Gasteiger partial charge in [0.25, 0.3) is 10.0 Å². The second-order valence-electron chi connectivity index (χ2n) is 3.92. The van der Waals surface area contributed by atoms with Crippen LogP contribution in [0.4, 0.5) is 10.1 Å². The molecule has 0 aliphatic rings. The minimum absolute atomic E-state index is 0.00796. The lowest BCUT2D eigenvalue weighted by molar-refractivity contribution is 0.570. The van der Waals surface area contributed by atoms with Crippen LogP contribution in [0, 0.1) is 5.82 Å². The Balaban J connectivity index is 2.47. The van der Waals surface area contributed by atoms with Gasteiger partial charge in [-0.3, -0.25) is 4.72 Å². The molecule has 0 saturated carbocycles. The fraction of sp³-hybridized carbons (Fsp3) is 0. The van der Waals surface area contributed by atoms with Crippen molar-refractivity contribution in [2.75, 3.05) is 4.72 Å². The third kappa shape index (κ3) is 3.81. The Bertz CT molecular complexity index is 791. The molecule has 0 radical (unpaired) electrons. The lowest BCUT2D eigenvalue weighted by atomic mass is 10.3. The second-order valence-corrected chi connectivity index (χ2v) is 7.74. The summed E-state index contributed by atoms with van der Waals surface area (Å²) in [4.78, 5) is -0.521. The van der Waals surface area contributed by atoms with Crippen LogP contribution in [-0.4, -0.2) is 8.42 Å². The SMILES string of the molecule is O=S(=O)(Nc1c(Cl)cc(Cl)cc1Cl)c1ccc(Br)cc1F. The van der Waals surface area contributed by atoms with Crippen LogP contribution in [0.25, 0.3) is 0 Å². The fourth-order valence-corrected chi connectivity index (χ4v) is 4.04. The lowest BCUT2D eigenvalue weighted by Gasteiger charge is -2.12. The van der Waals surface area contributed by atoms with Crippen LogP contribution in [0.2, 0.25) is 15.1 Å². The van der Waals surface area contributed by atoms with E-state index in [1.165, 1.54) is 18.2 Å². The van der Waals surface area contributed by atoms with Gasteiger partial charge in [-0.2, -0.15) is 0 Å². The van der Waals surface area contributed by atoms with Gasteiger partial charge in [0.05, 0.1) is 15.7 Å². The third-order valence-electron chi connectivity index (χ3n) is 2.43. The van der Waals surface area contributed by atoms with Gasteiger partial charge in [-0.1, -0.05) is 50.7 Å². The Hall–Kier alpha value is -0.530. The fourth-order valence-electron chi connectivity index (χ4n) is 1.52. The Kier molecular flexibility index (Phi) is 5.05. The Morgan fingerprint density at radius 2 is 1.62 bits per heavy atom. The molecular formula is C12H6BrCl3FNO2S. The van der Waals surface area contributed by atoms with Crippen LogP contribution in [0.15, 0.2) is 39.7 Å². The topological polar surface area (TPSA) is 46.2 Å². The minimum Gasteiger partial charge on any atom is -0.277 e. The second kappa shape index (κ2) is 6.30. The van der Waals surface area contributed by atoms with Crippen LogP contribution in [-0.2, 0) is 10.0 Å². The zero-order valence-electron chi connectivity index (χ0n) is 10.0. The summed E-state index contributed by atoms with van der Waals surface area (Å²) in [6.07, 6.45) is 0. The third-order valence-corrected chi connectivity index (χ3v) is 5.12. The smallest absolute Gasteiger partial charge is 0.264 e. The quantitative estimate of drug-likeness (QED) is 0.709.